The predicted octanol–water partition coefficient (Wildman–Crippen LogP) is 4.25. The summed E-state index contributed by atoms with van der Waals surface area (Å²) >= 11 is 0. The molecule has 0 bridgehead atoms. The Bertz CT molecular complexity index is 774. The molecule has 1 aromatic carbocycles. The van der Waals surface area contributed by atoms with Crippen molar-refractivity contribution in [3.8, 4) is 23.0 Å². The Morgan fingerprint density at radius 3 is 2.83 bits per heavy atom. The number of ether oxygens (including phenoxy) is 2. The maximum Gasteiger partial charge on any atom is 0.202 e. The molecule has 0 radical (unpaired) electrons. The van der Waals surface area contributed by atoms with E-state index < -0.39 is 0 Å². The largest absolute Gasteiger partial charge is 0.493 e. The van der Waals surface area contributed by atoms with Crippen molar-refractivity contribution in [1.29, 1.82) is 0 Å². The van der Waals surface area contributed by atoms with E-state index in [1.54, 1.807) is 25.5 Å². The van der Waals surface area contributed by atoms with Gasteiger partial charge in [0.2, 0.25) is 5.76 Å². The molecule has 3 aromatic rings. The fourth-order valence-corrected chi connectivity index (χ4v) is 2.19. The first kappa shape index (κ1) is 15.0. The van der Waals surface area contributed by atoms with Crippen molar-refractivity contribution in [2.75, 3.05) is 7.11 Å². The van der Waals surface area contributed by atoms with E-state index in [2.05, 4.69) is 11.7 Å². The van der Waals surface area contributed by atoms with E-state index in [9.17, 15) is 0 Å². The second-order valence-electron chi connectivity index (χ2n) is 4.93. The molecule has 2 aromatic heterocycles. The van der Waals surface area contributed by atoms with Crippen LogP contribution in [0.5, 0.6) is 11.5 Å². The summed E-state index contributed by atoms with van der Waals surface area (Å²) in [5, 5.41) is 3.98. The molecule has 3 rings (SSSR count). The molecular weight excluding hydrogens is 294 g/mol. The molecule has 0 saturated carbocycles. The van der Waals surface area contributed by atoms with Crippen molar-refractivity contribution in [2.24, 2.45) is 0 Å². The number of hydrogen-bond acceptors (Lipinski definition) is 5. The quantitative estimate of drug-likeness (QED) is 0.610. The van der Waals surface area contributed by atoms with Crippen LogP contribution in [0.3, 0.4) is 0 Å². The second-order valence-corrected chi connectivity index (χ2v) is 4.93. The molecule has 23 heavy (non-hydrogen) atoms. The topological polar surface area (TPSA) is 57.6 Å². The number of aromatic nitrogens is 1. The van der Waals surface area contributed by atoms with Crippen molar-refractivity contribution in [3.05, 3.63) is 66.6 Å². The van der Waals surface area contributed by atoms with Crippen molar-refractivity contribution >= 4 is 0 Å². The van der Waals surface area contributed by atoms with Crippen LogP contribution < -0.4 is 9.47 Å². The highest BCUT2D eigenvalue weighted by molar-refractivity contribution is 5.49. The van der Waals surface area contributed by atoms with Gasteiger partial charge in [-0.25, -0.2) is 0 Å². The number of methoxy groups -OCH3 is 1. The Balaban J connectivity index is 1.69. The number of benzene rings is 1. The highest BCUT2D eigenvalue weighted by atomic mass is 16.5. The fraction of sp³-hybridized carbons (Fsp3) is 0.167. The molecule has 2 heterocycles. The molecule has 0 aliphatic carbocycles. The number of hydrogen-bond donors (Lipinski definition) is 0. The summed E-state index contributed by atoms with van der Waals surface area (Å²) in [5.41, 5.74) is 1.79. The van der Waals surface area contributed by atoms with Gasteiger partial charge in [0.05, 0.1) is 13.4 Å². The van der Waals surface area contributed by atoms with Crippen LogP contribution in [0.1, 0.15) is 11.3 Å². The third kappa shape index (κ3) is 3.45. The molecule has 5 heteroatoms. The van der Waals surface area contributed by atoms with Gasteiger partial charge in [-0.2, -0.15) is 0 Å². The van der Waals surface area contributed by atoms with Gasteiger partial charge in [-0.05, 0) is 36.2 Å². The molecule has 0 aliphatic rings. The third-order valence-corrected chi connectivity index (χ3v) is 3.31. The smallest absolute Gasteiger partial charge is 0.202 e. The van der Waals surface area contributed by atoms with Gasteiger partial charge in [-0.1, -0.05) is 17.3 Å². The van der Waals surface area contributed by atoms with Crippen LogP contribution in [-0.2, 0) is 13.0 Å². The first-order valence-corrected chi connectivity index (χ1v) is 7.20. The predicted molar refractivity (Wildman–Crippen MR) is 85.4 cm³/mol. The van der Waals surface area contributed by atoms with Gasteiger partial charge < -0.3 is 18.4 Å². The van der Waals surface area contributed by atoms with Crippen molar-refractivity contribution in [1.82, 2.24) is 5.16 Å². The third-order valence-electron chi connectivity index (χ3n) is 3.31. The molecule has 0 unspecified atom stereocenters. The van der Waals surface area contributed by atoms with Crippen LogP contribution in [0.25, 0.3) is 11.5 Å². The van der Waals surface area contributed by atoms with Crippen LogP contribution >= 0.6 is 0 Å². The lowest BCUT2D eigenvalue weighted by Crippen LogP contribution is -1.98. The number of furan rings is 1. The van der Waals surface area contributed by atoms with Crippen molar-refractivity contribution in [2.45, 2.75) is 13.0 Å². The van der Waals surface area contributed by atoms with Crippen molar-refractivity contribution < 1.29 is 18.4 Å². The van der Waals surface area contributed by atoms with E-state index in [4.69, 9.17) is 18.4 Å². The standard InChI is InChI=1S/C18H17NO4/c1-3-5-13-7-8-16(17(10-13)20-2)22-12-14-11-18(23-19-14)15-6-4-9-21-15/h3-4,6-11H,1,5,12H2,2H3. The van der Waals surface area contributed by atoms with E-state index in [0.717, 1.165) is 12.0 Å². The zero-order valence-corrected chi connectivity index (χ0v) is 12.8. The van der Waals surface area contributed by atoms with E-state index >= 15 is 0 Å². The molecule has 0 atom stereocenters. The Kier molecular flexibility index (Phi) is 4.47. The zero-order chi connectivity index (χ0) is 16.1. The Morgan fingerprint density at radius 2 is 2.09 bits per heavy atom. The van der Waals surface area contributed by atoms with Gasteiger partial charge in [0.15, 0.2) is 17.3 Å². The van der Waals surface area contributed by atoms with Gasteiger partial charge in [0.25, 0.3) is 0 Å². The molecule has 0 fully saturated rings. The SMILES string of the molecule is C=CCc1ccc(OCc2cc(-c3ccco3)on2)c(OC)c1. The first-order chi connectivity index (χ1) is 11.3. The summed E-state index contributed by atoms with van der Waals surface area (Å²) in [6, 6.07) is 11.2. The zero-order valence-electron chi connectivity index (χ0n) is 12.8. The van der Waals surface area contributed by atoms with Gasteiger partial charge in [0, 0.05) is 6.07 Å². The van der Waals surface area contributed by atoms with Crippen LogP contribution in [0.2, 0.25) is 0 Å². The molecule has 0 spiro atoms. The minimum absolute atomic E-state index is 0.279. The minimum atomic E-state index is 0.279. The van der Waals surface area contributed by atoms with Crippen LogP contribution in [0.4, 0.5) is 0 Å². The van der Waals surface area contributed by atoms with Crippen LogP contribution in [0, 0.1) is 0 Å². The van der Waals surface area contributed by atoms with Crippen LogP contribution in [0.15, 0.2) is 64.3 Å². The molecule has 0 N–H and O–H groups in total. The average molecular weight is 311 g/mol. The monoisotopic (exact) mass is 311 g/mol. The van der Waals surface area contributed by atoms with Crippen LogP contribution in [-0.4, -0.2) is 12.3 Å². The normalized spacial score (nSPS) is 10.5. The second kappa shape index (κ2) is 6.87. The molecular formula is C18H17NO4. The average Bonchev–Trinajstić information content (AvgIpc) is 3.25. The van der Waals surface area contributed by atoms with Crippen molar-refractivity contribution in [3.63, 3.8) is 0 Å². The lowest BCUT2D eigenvalue weighted by atomic mass is 10.1. The molecule has 0 aliphatic heterocycles. The van der Waals surface area contributed by atoms with E-state index in [-0.39, 0.29) is 6.61 Å². The number of allylic oxidation sites excluding steroid dienone is 1. The van der Waals surface area contributed by atoms with E-state index in [1.807, 2.05) is 30.3 Å². The van der Waals surface area contributed by atoms with E-state index in [0.29, 0.717) is 28.7 Å². The maximum absolute atomic E-state index is 5.77. The lowest BCUT2D eigenvalue weighted by Gasteiger charge is -2.10. The lowest BCUT2D eigenvalue weighted by molar-refractivity contribution is 0.272. The number of rotatable bonds is 7. The highest BCUT2D eigenvalue weighted by Gasteiger charge is 2.11. The number of nitrogens with zero attached hydrogens (tertiary/aromatic N) is 1. The molecule has 118 valence electrons. The minimum Gasteiger partial charge on any atom is -0.493 e. The summed E-state index contributed by atoms with van der Waals surface area (Å²) in [4.78, 5) is 0. The Labute approximate surface area is 134 Å². The Hall–Kier alpha value is -2.95. The first-order valence-electron chi connectivity index (χ1n) is 7.20. The molecule has 5 nitrogen and oxygen atoms in total. The fourth-order valence-electron chi connectivity index (χ4n) is 2.19. The summed E-state index contributed by atoms with van der Waals surface area (Å²) < 4.78 is 21.6. The van der Waals surface area contributed by atoms with Gasteiger partial charge in [0.1, 0.15) is 12.3 Å². The summed E-state index contributed by atoms with van der Waals surface area (Å²) in [6.45, 7) is 4.01. The summed E-state index contributed by atoms with van der Waals surface area (Å²) in [5.74, 6) is 2.54. The summed E-state index contributed by atoms with van der Waals surface area (Å²) in [7, 11) is 1.62. The van der Waals surface area contributed by atoms with Gasteiger partial charge in [-0.15, -0.1) is 6.58 Å². The maximum atomic E-state index is 5.77. The highest BCUT2D eigenvalue weighted by Crippen LogP contribution is 2.29. The Morgan fingerprint density at radius 1 is 1.17 bits per heavy atom. The molecule has 0 amide bonds. The van der Waals surface area contributed by atoms with E-state index in [1.165, 1.54) is 0 Å². The van der Waals surface area contributed by atoms with Gasteiger partial charge in [-0.3, -0.25) is 0 Å². The van der Waals surface area contributed by atoms with Gasteiger partial charge >= 0.3 is 0 Å². The summed E-state index contributed by atoms with van der Waals surface area (Å²) in [6.07, 6.45) is 4.22. The molecule has 0 saturated heterocycles.